The monoisotopic (exact) mass is 346 g/mol. The first-order chi connectivity index (χ1) is 11.9. The lowest BCUT2D eigenvalue weighted by molar-refractivity contribution is -0.138. The molecule has 0 bridgehead atoms. The number of nitrogens with zero attached hydrogens (tertiary/aromatic N) is 1. The van der Waals surface area contributed by atoms with Gasteiger partial charge < -0.3 is 15.6 Å². The maximum atomic E-state index is 12.5. The molecule has 0 aliphatic heterocycles. The highest BCUT2D eigenvalue weighted by Crippen LogP contribution is 2.44. The maximum absolute atomic E-state index is 12.5. The van der Waals surface area contributed by atoms with Crippen LogP contribution in [0.3, 0.4) is 0 Å². The molecule has 6 nitrogen and oxygen atoms in total. The number of aromatic nitrogens is 2. The zero-order valence-electron chi connectivity index (χ0n) is 15.5. The first-order valence-electron chi connectivity index (χ1n) is 9.45. The number of amides is 2. The van der Waals surface area contributed by atoms with E-state index in [9.17, 15) is 9.59 Å². The Labute approximate surface area is 149 Å². The lowest BCUT2D eigenvalue weighted by Crippen LogP contribution is -2.54. The summed E-state index contributed by atoms with van der Waals surface area (Å²) in [6.07, 6.45) is 9.37. The Bertz CT molecular complexity index is 608. The van der Waals surface area contributed by atoms with Crippen molar-refractivity contribution in [2.24, 2.45) is 11.3 Å². The second-order valence-electron chi connectivity index (χ2n) is 8.30. The number of nitrogens with one attached hydrogen (secondary N) is 3. The minimum Gasteiger partial charge on any atom is -0.355 e. The number of hydrogen-bond acceptors (Lipinski definition) is 3. The van der Waals surface area contributed by atoms with Gasteiger partial charge in [-0.1, -0.05) is 13.3 Å². The van der Waals surface area contributed by atoms with Gasteiger partial charge in [0, 0.05) is 29.9 Å². The van der Waals surface area contributed by atoms with Crippen LogP contribution in [0.25, 0.3) is 0 Å². The molecule has 0 unspecified atom stereocenters. The van der Waals surface area contributed by atoms with Gasteiger partial charge in [0.05, 0.1) is 11.7 Å². The van der Waals surface area contributed by atoms with Gasteiger partial charge in [0.2, 0.25) is 11.8 Å². The van der Waals surface area contributed by atoms with Gasteiger partial charge in [-0.2, -0.15) is 0 Å². The molecule has 0 radical (unpaired) electrons. The van der Waals surface area contributed by atoms with Crippen molar-refractivity contribution in [3.8, 4) is 0 Å². The fraction of sp³-hybridized carbons (Fsp3) is 0.737. The number of carbonyl (C=O) groups excluding carboxylic acids is 2. The molecule has 0 aromatic carbocycles. The van der Waals surface area contributed by atoms with Gasteiger partial charge in [-0.05, 0) is 51.9 Å². The van der Waals surface area contributed by atoms with Crippen LogP contribution in [0.2, 0.25) is 0 Å². The van der Waals surface area contributed by atoms with Gasteiger partial charge in [-0.15, -0.1) is 0 Å². The van der Waals surface area contributed by atoms with Gasteiger partial charge in [0.15, 0.2) is 0 Å². The zero-order valence-corrected chi connectivity index (χ0v) is 15.5. The van der Waals surface area contributed by atoms with Crippen LogP contribution in [-0.2, 0) is 15.0 Å². The Morgan fingerprint density at radius 2 is 2.08 bits per heavy atom. The molecular formula is C19H30N4O2. The van der Waals surface area contributed by atoms with E-state index in [1.807, 2.05) is 13.8 Å². The summed E-state index contributed by atoms with van der Waals surface area (Å²) in [6.45, 7) is 6.56. The smallest absolute Gasteiger partial charge is 0.231 e. The molecule has 2 amide bonds. The van der Waals surface area contributed by atoms with E-state index in [-0.39, 0.29) is 23.3 Å². The molecule has 6 heteroatoms. The van der Waals surface area contributed by atoms with Crippen LogP contribution >= 0.6 is 0 Å². The van der Waals surface area contributed by atoms with Gasteiger partial charge in [-0.3, -0.25) is 9.59 Å². The van der Waals surface area contributed by atoms with Gasteiger partial charge in [-0.25, -0.2) is 4.98 Å². The summed E-state index contributed by atoms with van der Waals surface area (Å²) in [4.78, 5) is 31.9. The van der Waals surface area contributed by atoms with E-state index in [4.69, 9.17) is 0 Å². The van der Waals surface area contributed by atoms with Crippen molar-refractivity contribution >= 4 is 11.8 Å². The van der Waals surface area contributed by atoms with E-state index < -0.39 is 5.41 Å². The Hall–Kier alpha value is -1.85. The van der Waals surface area contributed by atoms with Crippen LogP contribution < -0.4 is 10.6 Å². The number of hydrogen-bond donors (Lipinski definition) is 3. The Morgan fingerprint density at radius 1 is 1.36 bits per heavy atom. The highest BCUT2D eigenvalue weighted by Gasteiger charge is 2.44. The summed E-state index contributed by atoms with van der Waals surface area (Å²) in [6, 6.07) is 0.277. The zero-order chi connectivity index (χ0) is 18.1. The molecule has 2 aliphatic rings. The Balaban J connectivity index is 1.39. The molecule has 2 aliphatic carbocycles. The summed E-state index contributed by atoms with van der Waals surface area (Å²) in [5.41, 5.74) is 0.105. The summed E-state index contributed by atoms with van der Waals surface area (Å²) in [5, 5.41) is 6.27. The van der Waals surface area contributed by atoms with E-state index in [1.54, 1.807) is 12.5 Å². The molecule has 2 fully saturated rings. The quantitative estimate of drug-likeness (QED) is 0.708. The van der Waals surface area contributed by atoms with Crippen molar-refractivity contribution in [1.29, 1.82) is 0 Å². The van der Waals surface area contributed by atoms with Crippen molar-refractivity contribution in [2.45, 2.75) is 70.8 Å². The molecule has 3 rings (SSSR count). The minimum atomic E-state index is -0.619. The lowest BCUT2D eigenvalue weighted by Gasteiger charge is -2.43. The van der Waals surface area contributed by atoms with E-state index in [2.05, 4.69) is 27.5 Å². The van der Waals surface area contributed by atoms with Crippen LogP contribution in [0.5, 0.6) is 0 Å². The normalized spacial score (nSPS) is 24.8. The van der Waals surface area contributed by atoms with Crippen molar-refractivity contribution < 1.29 is 9.59 Å². The van der Waals surface area contributed by atoms with Crippen LogP contribution in [0.4, 0.5) is 0 Å². The van der Waals surface area contributed by atoms with Crippen molar-refractivity contribution in [3.05, 3.63) is 18.2 Å². The van der Waals surface area contributed by atoms with Crippen molar-refractivity contribution in [1.82, 2.24) is 20.6 Å². The van der Waals surface area contributed by atoms with Gasteiger partial charge >= 0.3 is 0 Å². The van der Waals surface area contributed by atoms with Gasteiger partial charge in [0.25, 0.3) is 0 Å². The summed E-state index contributed by atoms with van der Waals surface area (Å²) in [7, 11) is 0. The van der Waals surface area contributed by atoms with Crippen LogP contribution in [-0.4, -0.2) is 34.4 Å². The molecule has 1 aromatic heterocycles. The van der Waals surface area contributed by atoms with E-state index >= 15 is 0 Å². The third kappa shape index (κ3) is 3.44. The summed E-state index contributed by atoms with van der Waals surface area (Å²) >= 11 is 0. The fourth-order valence-electron chi connectivity index (χ4n) is 3.88. The second kappa shape index (κ2) is 6.81. The largest absolute Gasteiger partial charge is 0.355 e. The molecule has 1 heterocycles. The number of rotatable bonds is 7. The van der Waals surface area contributed by atoms with Crippen LogP contribution in [0.1, 0.15) is 65.0 Å². The highest BCUT2D eigenvalue weighted by molar-refractivity contribution is 5.86. The lowest BCUT2D eigenvalue weighted by atomic mass is 9.66. The van der Waals surface area contributed by atoms with Crippen molar-refractivity contribution in [2.75, 3.05) is 6.54 Å². The average Bonchev–Trinajstić information content (AvgIpc) is 3.03. The van der Waals surface area contributed by atoms with E-state index in [0.29, 0.717) is 12.5 Å². The fourth-order valence-corrected chi connectivity index (χ4v) is 3.88. The molecular weight excluding hydrogens is 316 g/mol. The number of imidazole rings is 1. The molecule has 0 saturated heterocycles. The molecule has 25 heavy (non-hydrogen) atoms. The maximum Gasteiger partial charge on any atom is 0.231 e. The van der Waals surface area contributed by atoms with Crippen LogP contribution in [0, 0.1) is 11.3 Å². The third-order valence-corrected chi connectivity index (χ3v) is 6.33. The average molecular weight is 346 g/mol. The summed E-state index contributed by atoms with van der Waals surface area (Å²) in [5.74, 6) is 0.698. The topological polar surface area (TPSA) is 86.9 Å². The van der Waals surface area contributed by atoms with E-state index in [1.165, 1.54) is 6.42 Å². The van der Waals surface area contributed by atoms with Gasteiger partial charge in [0.1, 0.15) is 0 Å². The summed E-state index contributed by atoms with van der Waals surface area (Å²) < 4.78 is 0. The predicted molar refractivity (Wildman–Crippen MR) is 95.9 cm³/mol. The standard InChI is InChI=1S/C19H30N4O2/c1-4-19(6-5-7-19)17(25)23-14-8-13(9-14)10-21-16(24)18(2,3)15-11-20-12-22-15/h11-14H,4-10H2,1-3H3,(H,20,22)(H,21,24)(H,23,25). The minimum absolute atomic E-state index is 0.00337. The number of H-pyrrole nitrogens is 1. The SMILES string of the molecule is CCC1(C(=O)NC2CC(CNC(=O)C(C)(C)c3cnc[nH]3)C2)CCC1. The molecule has 0 spiro atoms. The molecule has 2 saturated carbocycles. The third-order valence-electron chi connectivity index (χ3n) is 6.33. The first-order valence-corrected chi connectivity index (χ1v) is 9.45. The van der Waals surface area contributed by atoms with Crippen molar-refractivity contribution in [3.63, 3.8) is 0 Å². The number of aromatic amines is 1. The second-order valence-corrected chi connectivity index (χ2v) is 8.30. The molecule has 138 valence electrons. The molecule has 0 atom stereocenters. The first kappa shape index (κ1) is 18.0. The molecule has 1 aromatic rings. The van der Waals surface area contributed by atoms with E-state index in [0.717, 1.165) is 37.8 Å². The van der Waals surface area contributed by atoms with Crippen LogP contribution in [0.15, 0.2) is 12.5 Å². The molecule has 3 N–H and O–H groups in total. The predicted octanol–water partition coefficient (Wildman–Crippen LogP) is 2.28. The number of carbonyl (C=O) groups is 2. The Kier molecular flexibility index (Phi) is 4.89. The highest BCUT2D eigenvalue weighted by atomic mass is 16.2. The Morgan fingerprint density at radius 3 is 2.60 bits per heavy atom.